The molecule has 8 nitrogen and oxygen atoms in total. The monoisotopic (exact) mass is 563 g/mol. The number of hydrogen-bond acceptors (Lipinski definition) is 7. The highest BCUT2D eigenvalue weighted by atomic mass is 32.2. The molecule has 2 atom stereocenters. The van der Waals surface area contributed by atoms with Crippen molar-refractivity contribution in [1.29, 1.82) is 0 Å². The van der Waals surface area contributed by atoms with Crippen LogP contribution in [0.4, 0.5) is 19.0 Å². The number of anilines is 1. The highest BCUT2D eigenvalue weighted by Crippen LogP contribution is 2.51. The van der Waals surface area contributed by atoms with Crippen molar-refractivity contribution < 1.29 is 36.2 Å². The van der Waals surface area contributed by atoms with Crippen molar-refractivity contribution in [2.24, 2.45) is 5.41 Å². The summed E-state index contributed by atoms with van der Waals surface area (Å²) in [6.07, 6.45) is -2.39. The van der Waals surface area contributed by atoms with E-state index in [9.17, 15) is 31.5 Å². The zero-order chi connectivity index (χ0) is 28.1. The van der Waals surface area contributed by atoms with Crippen LogP contribution in [-0.2, 0) is 19.6 Å². The second-order valence-corrected chi connectivity index (χ2v) is 12.0. The number of carbonyl (C=O) groups is 1. The third-order valence-electron chi connectivity index (χ3n) is 7.31. The Morgan fingerprint density at radius 2 is 1.87 bits per heavy atom. The zero-order valence-corrected chi connectivity index (χ0v) is 21.9. The van der Waals surface area contributed by atoms with E-state index in [0.29, 0.717) is 36.5 Å². The molecule has 208 valence electrons. The summed E-state index contributed by atoms with van der Waals surface area (Å²) in [6.45, 7) is 1.87. The van der Waals surface area contributed by atoms with E-state index in [2.05, 4.69) is 4.98 Å². The van der Waals surface area contributed by atoms with Gasteiger partial charge in [0.2, 0.25) is 0 Å². The fraction of sp³-hybridized carbons (Fsp3) is 0.407. The largest absolute Gasteiger partial charge is 0.481 e. The number of halogens is 3. The summed E-state index contributed by atoms with van der Waals surface area (Å²) in [5.74, 6) is -0.645. The van der Waals surface area contributed by atoms with Crippen LogP contribution in [-0.4, -0.2) is 55.4 Å². The predicted molar refractivity (Wildman–Crippen MR) is 137 cm³/mol. The van der Waals surface area contributed by atoms with E-state index < -0.39 is 45.6 Å². The number of amides is 1. The van der Waals surface area contributed by atoms with Crippen LogP contribution in [0.5, 0.6) is 0 Å². The van der Waals surface area contributed by atoms with Crippen molar-refractivity contribution in [3.05, 3.63) is 72.0 Å². The summed E-state index contributed by atoms with van der Waals surface area (Å²) in [4.78, 5) is 19.1. The molecule has 39 heavy (non-hydrogen) atoms. The van der Waals surface area contributed by atoms with E-state index >= 15 is 0 Å². The Kier molecular flexibility index (Phi) is 6.74. The van der Waals surface area contributed by atoms with Gasteiger partial charge in [-0.3, -0.25) is 4.79 Å². The number of benzene rings is 1. The minimum atomic E-state index is -4.56. The van der Waals surface area contributed by atoms with Gasteiger partial charge in [0.1, 0.15) is 11.6 Å². The lowest BCUT2D eigenvalue weighted by molar-refractivity contribution is -0.202. The molecule has 0 radical (unpaired) electrons. The average molecular weight is 564 g/mol. The van der Waals surface area contributed by atoms with Gasteiger partial charge < -0.3 is 14.7 Å². The molecule has 2 heterocycles. The lowest BCUT2D eigenvalue weighted by Gasteiger charge is -2.34. The van der Waals surface area contributed by atoms with Crippen LogP contribution in [0.2, 0.25) is 0 Å². The molecule has 1 unspecified atom stereocenters. The van der Waals surface area contributed by atoms with Crippen molar-refractivity contribution in [2.75, 3.05) is 18.0 Å². The number of nitrogens with zero attached hydrogens (tertiary/aromatic N) is 2. The van der Waals surface area contributed by atoms with Gasteiger partial charge in [0, 0.05) is 37.9 Å². The minimum Gasteiger partial charge on any atom is -0.481 e. The molecule has 0 spiro atoms. The summed E-state index contributed by atoms with van der Waals surface area (Å²) < 4.78 is 75.9. The summed E-state index contributed by atoms with van der Waals surface area (Å²) >= 11 is 0. The van der Waals surface area contributed by atoms with Crippen molar-refractivity contribution in [2.45, 2.75) is 55.5 Å². The van der Waals surface area contributed by atoms with Crippen LogP contribution in [0, 0.1) is 5.41 Å². The maximum absolute atomic E-state index is 13.9. The maximum Gasteiger partial charge on any atom is 0.398 e. The Morgan fingerprint density at radius 1 is 1.15 bits per heavy atom. The number of aliphatic hydroxyl groups is 1. The molecule has 2 fully saturated rings. The van der Waals surface area contributed by atoms with Crippen LogP contribution in [0.1, 0.15) is 38.2 Å². The van der Waals surface area contributed by atoms with Gasteiger partial charge in [0.05, 0.1) is 11.5 Å². The topological polar surface area (TPSA) is 109 Å². The van der Waals surface area contributed by atoms with Gasteiger partial charge in [-0.15, -0.1) is 0 Å². The Balaban J connectivity index is 1.39. The van der Waals surface area contributed by atoms with Crippen LogP contribution in [0.3, 0.4) is 0 Å². The van der Waals surface area contributed by atoms with E-state index in [0.717, 1.165) is 13.0 Å². The number of carbonyl (C=O) groups excluding carboxylic acids is 1. The second-order valence-electron chi connectivity index (χ2n) is 10.4. The molecular formula is C27H28F3N3O5S. The van der Waals surface area contributed by atoms with Crippen LogP contribution < -0.4 is 9.62 Å². The third-order valence-corrected chi connectivity index (χ3v) is 8.55. The first-order valence-electron chi connectivity index (χ1n) is 12.5. The lowest BCUT2D eigenvalue weighted by atomic mass is 9.79. The Morgan fingerprint density at radius 3 is 2.49 bits per heavy atom. The second kappa shape index (κ2) is 9.67. The standard InChI is InChI=1S/C27H28F3N3O5S/c1-25(27(28,29)30)12-10-20(18-6-3-2-4-7-18)21(16-25)38-26(13-14-26)24(35)32-39(36,37)23-9-5-8-22(31-23)33-15-11-19(34)17-33/h2-10,12,19,34H,11,13-17H2,1H3,(H,32,35)/t19?,25-/m1/s1. The normalized spacial score (nSPS) is 24.5. The molecule has 1 amide bonds. The third kappa shape index (κ3) is 5.40. The van der Waals surface area contributed by atoms with E-state index in [1.807, 2.05) is 4.72 Å². The molecule has 3 aliphatic rings. The number of nitrogens with one attached hydrogen (secondary N) is 1. The number of aromatic nitrogens is 1. The smallest absolute Gasteiger partial charge is 0.398 e. The Hall–Kier alpha value is -3.38. The molecule has 2 N–H and O–H groups in total. The van der Waals surface area contributed by atoms with Crippen molar-refractivity contribution in [1.82, 2.24) is 9.71 Å². The molecule has 1 aromatic heterocycles. The molecule has 0 bridgehead atoms. The Bertz CT molecular complexity index is 1440. The van der Waals surface area contributed by atoms with Gasteiger partial charge in [0.25, 0.3) is 15.9 Å². The fourth-order valence-electron chi connectivity index (χ4n) is 4.68. The number of ether oxygens (including phenoxy) is 1. The molecule has 12 heteroatoms. The molecule has 1 saturated heterocycles. The number of β-amino-alcohol motifs (C(OH)–C–C–N with tert-alkyl or cyclic N) is 1. The SMILES string of the molecule is C[C@@]1(C(F)(F)F)C=CC(c2ccccc2)=C(OC2(C(=O)NS(=O)(=O)c3cccc(N4CCC(O)C4)n3)CC2)C1. The van der Waals surface area contributed by atoms with Crippen molar-refractivity contribution >= 4 is 27.3 Å². The molecule has 5 rings (SSSR count). The van der Waals surface area contributed by atoms with Gasteiger partial charge in [0.15, 0.2) is 10.6 Å². The quantitative estimate of drug-likeness (QED) is 0.525. The van der Waals surface area contributed by atoms with E-state index in [1.165, 1.54) is 18.2 Å². The highest BCUT2D eigenvalue weighted by Gasteiger charge is 2.57. The number of sulfonamides is 1. The van der Waals surface area contributed by atoms with Gasteiger partial charge in [-0.05, 0) is 31.0 Å². The Labute approximate surface area is 224 Å². The van der Waals surface area contributed by atoms with E-state index in [1.54, 1.807) is 41.3 Å². The lowest BCUT2D eigenvalue weighted by Crippen LogP contribution is -2.43. The first-order chi connectivity index (χ1) is 18.3. The predicted octanol–water partition coefficient (Wildman–Crippen LogP) is 3.95. The summed E-state index contributed by atoms with van der Waals surface area (Å²) in [5.41, 5.74) is -2.81. The maximum atomic E-state index is 13.9. The fourth-order valence-corrected chi connectivity index (χ4v) is 5.69. The summed E-state index contributed by atoms with van der Waals surface area (Å²) in [7, 11) is -4.41. The van der Waals surface area contributed by atoms with E-state index in [-0.39, 0.29) is 23.6 Å². The summed E-state index contributed by atoms with van der Waals surface area (Å²) in [5, 5.41) is 9.39. The minimum absolute atomic E-state index is 0.0266. The first-order valence-corrected chi connectivity index (χ1v) is 14.0. The van der Waals surface area contributed by atoms with Gasteiger partial charge in [-0.1, -0.05) is 48.6 Å². The van der Waals surface area contributed by atoms with Crippen LogP contribution in [0.25, 0.3) is 5.57 Å². The summed E-state index contributed by atoms with van der Waals surface area (Å²) in [6, 6.07) is 13.0. The van der Waals surface area contributed by atoms with Crippen molar-refractivity contribution in [3.8, 4) is 0 Å². The first kappa shape index (κ1) is 27.2. The highest BCUT2D eigenvalue weighted by molar-refractivity contribution is 7.90. The van der Waals surface area contributed by atoms with Gasteiger partial charge in [-0.25, -0.2) is 9.71 Å². The van der Waals surface area contributed by atoms with Crippen molar-refractivity contribution in [3.63, 3.8) is 0 Å². The molecule has 1 saturated carbocycles. The molecule has 1 aromatic carbocycles. The van der Waals surface area contributed by atoms with E-state index in [4.69, 9.17) is 4.74 Å². The number of alkyl halides is 3. The van der Waals surface area contributed by atoms with Gasteiger partial charge >= 0.3 is 6.18 Å². The molecule has 2 aliphatic carbocycles. The zero-order valence-electron chi connectivity index (χ0n) is 21.1. The molecule has 1 aliphatic heterocycles. The average Bonchev–Trinajstić information content (AvgIpc) is 3.54. The van der Waals surface area contributed by atoms with Crippen LogP contribution >= 0.6 is 0 Å². The number of allylic oxidation sites excluding steroid dienone is 4. The number of rotatable bonds is 7. The van der Waals surface area contributed by atoms with Gasteiger partial charge in [-0.2, -0.15) is 21.6 Å². The molecular weight excluding hydrogens is 535 g/mol. The number of aliphatic hydroxyl groups excluding tert-OH is 1. The number of pyridine rings is 1. The van der Waals surface area contributed by atoms with Crippen LogP contribution in [0.15, 0.2) is 71.5 Å². The number of hydrogen-bond donors (Lipinski definition) is 2. The molecule has 2 aromatic rings.